The van der Waals surface area contributed by atoms with Crippen molar-refractivity contribution < 1.29 is 9.53 Å². The van der Waals surface area contributed by atoms with E-state index in [1.165, 1.54) is 4.90 Å². The summed E-state index contributed by atoms with van der Waals surface area (Å²) in [7, 11) is 5.11. The third kappa shape index (κ3) is 3.89. The Balaban J connectivity index is 2.73. The van der Waals surface area contributed by atoms with Crippen LogP contribution < -0.4 is 10.1 Å². The molecule has 0 aliphatic rings. The molecule has 0 aliphatic heterocycles. The van der Waals surface area contributed by atoms with Crippen molar-refractivity contribution >= 4 is 27.2 Å². The summed E-state index contributed by atoms with van der Waals surface area (Å²) in [6.45, 7) is 5.80. The van der Waals surface area contributed by atoms with E-state index in [1.807, 2.05) is 45.0 Å². The minimum absolute atomic E-state index is 0.335. The summed E-state index contributed by atoms with van der Waals surface area (Å²) in [5, 5.41) is 0.976. The van der Waals surface area contributed by atoms with Gasteiger partial charge in [-0.05, 0) is 32.4 Å². The number of anilines is 1. The Hall–Kier alpha value is -1.29. The van der Waals surface area contributed by atoms with Crippen LogP contribution in [0.25, 0.3) is 0 Å². The summed E-state index contributed by atoms with van der Waals surface area (Å²) in [6, 6.07) is 7.51. The van der Waals surface area contributed by atoms with E-state index in [0.29, 0.717) is 0 Å². The average Bonchev–Trinajstić information content (AvgIpc) is 2.28. The zero-order valence-electron chi connectivity index (χ0n) is 10.8. The van der Waals surface area contributed by atoms with Crippen LogP contribution in [-0.4, -0.2) is 29.0 Å². The summed E-state index contributed by atoms with van der Waals surface area (Å²) in [4.78, 5) is 13.4. The fraction of sp³-hybridized carbons (Fsp3) is 0.462. The highest BCUT2D eigenvalue weighted by Crippen LogP contribution is 2.18. The topological polar surface area (TPSA) is 29.5 Å². The van der Waals surface area contributed by atoms with Gasteiger partial charge in [0.1, 0.15) is 5.60 Å². The van der Waals surface area contributed by atoms with Crippen molar-refractivity contribution in [1.29, 1.82) is 0 Å². The Morgan fingerprint density at radius 3 is 2.35 bits per heavy atom. The van der Waals surface area contributed by atoms with Gasteiger partial charge in [0, 0.05) is 12.7 Å². The first-order valence-corrected chi connectivity index (χ1v) is 6.14. The van der Waals surface area contributed by atoms with E-state index in [-0.39, 0.29) is 6.09 Å². The number of nitrogens with zero attached hydrogens (tertiary/aromatic N) is 1. The van der Waals surface area contributed by atoms with Gasteiger partial charge in [-0.1, -0.05) is 24.2 Å². The molecule has 17 heavy (non-hydrogen) atoms. The van der Waals surface area contributed by atoms with Crippen LogP contribution in [0.3, 0.4) is 0 Å². The van der Waals surface area contributed by atoms with E-state index in [1.54, 1.807) is 7.05 Å². The third-order valence-corrected chi connectivity index (χ3v) is 3.08. The Morgan fingerprint density at radius 1 is 1.35 bits per heavy atom. The SMILES string of the molecule is CCC(C)(C)OC(=O)N(C)c1ccc([Si])cc1. The first kappa shape index (κ1) is 13.8. The maximum Gasteiger partial charge on any atom is 0.414 e. The van der Waals surface area contributed by atoms with E-state index >= 15 is 0 Å². The summed E-state index contributed by atoms with van der Waals surface area (Å²) in [5.74, 6) is 0. The van der Waals surface area contributed by atoms with Gasteiger partial charge >= 0.3 is 6.09 Å². The number of carbonyl (C=O) groups is 1. The standard InChI is InChI=1S/C13H18NO2Si/c1-5-13(2,3)16-12(15)14(4)10-6-8-11(17)9-7-10/h6-9H,5H2,1-4H3. The second kappa shape index (κ2) is 5.36. The molecule has 91 valence electrons. The van der Waals surface area contributed by atoms with Crippen molar-refractivity contribution in [3.63, 3.8) is 0 Å². The van der Waals surface area contributed by atoms with Crippen molar-refractivity contribution in [2.45, 2.75) is 32.8 Å². The molecule has 1 aromatic rings. The molecule has 0 spiro atoms. The number of rotatable bonds is 3. The van der Waals surface area contributed by atoms with Crippen molar-refractivity contribution in [1.82, 2.24) is 0 Å². The molecule has 3 nitrogen and oxygen atoms in total. The molecule has 0 saturated carbocycles. The molecular weight excluding hydrogens is 230 g/mol. The highest BCUT2D eigenvalue weighted by molar-refractivity contribution is 6.32. The van der Waals surface area contributed by atoms with Crippen LogP contribution in [0.4, 0.5) is 10.5 Å². The lowest BCUT2D eigenvalue weighted by Gasteiger charge is -2.27. The largest absolute Gasteiger partial charge is 0.443 e. The zero-order valence-corrected chi connectivity index (χ0v) is 11.8. The lowest BCUT2D eigenvalue weighted by molar-refractivity contribution is 0.0420. The van der Waals surface area contributed by atoms with Gasteiger partial charge in [0.05, 0.1) is 10.2 Å². The lowest BCUT2D eigenvalue weighted by Crippen LogP contribution is -2.35. The number of carbonyl (C=O) groups excluding carboxylic acids is 1. The highest BCUT2D eigenvalue weighted by atomic mass is 28.1. The van der Waals surface area contributed by atoms with Crippen LogP contribution in [0.15, 0.2) is 24.3 Å². The van der Waals surface area contributed by atoms with Crippen molar-refractivity contribution in [3.8, 4) is 0 Å². The number of hydrogen-bond acceptors (Lipinski definition) is 2. The van der Waals surface area contributed by atoms with Gasteiger partial charge in [0.25, 0.3) is 0 Å². The predicted molar refractivity (Wildman–Crippen MR) is 71.1 cm³/mol. The molecule has 4 heteroatoms. The van der Waals surface area contributed by atoms with E-state index in [4.69, 9.17) is 4.74 Å². The first-order valence-electron chi connectivity index (χ1n) is 5.64. The molecule has 1 amide bonds. The minimum Gasteiger partial charge on any atom is -0.443 e. The fourth-order valence-electron chi connectivity index (χ4n) is 1.17. The van der Waals surface area contributed by atoms with Crippen LogP contribution in [0.5, 0.6) is 0 Å². The molecule has 3 radical (unpaired) electrons. The molecule has 0 N–H and O–H groups in total. The second-order valence-corrected chi connectivity index (χ2v) is 5.16. The molecule has 0 heterocycles. The van der Waals surface area contributed by atoms with Gasteiger partial charge < -0.3 is 4.74 Å². The van der Waals surface area contributed by atoms with E-state index in [9.17, 15) is 4.79 Å². The Kier molecular flexibility index (Phi) is 4.34. The Morgan fingerprint density at radius 2 is 1.88 bits per heavy atom. The van der Waals surface area contributed by atoms with Gasteiger partial charge in [-0.2, -0.15) is 0 Å². The number of ether oxygens (including phenoxy) is 1. The number of amides is 1. The van der Waals surface area contributed by atoms with Crippen molar-refractivity contribution in [2.24, 2.45) is 0 Å². The Bertz CT molecular complexity index is 387. The molecule has 0 bridgehead atoms. The Labute approximate surface area is 106 Å². The van der Waals surface area contributed by atoms with Gasteiger partial charge in [-0.15, -0.1) is 0 Å². The van der Waals surface area contributed by atoms with Crippen molar-refractivity contribution in [2.75, 3.05) is 11.9 Å². The van der Waals surface area contributed by atoms with Crippen LogP contribution in [0.2, 0.25) is 0 Å². The molecule has 0 aromatic heterocycles. The molecule has 0 fully saturated rings. The molecule has 0 aliphatic carbocycles. The number of hydrogen-bond donors (Lipinski definition) is 0. The van der Waals surface area contributed by atoms with E-state index in [0.717, 1.165) is 17.3 Å². The predicted octanol–water partition coefficient (Wildman–Crippen LogP) is 2.24. The van der Waals surface area contributed by atoms with Crippen LogP contribution in [-0.2, 0) is 4.74 Å². The molecular formula is C13H18NO2Si. The smallest absolute Gasteiger partial charge is 0.414 e. The van der Waals surface area contributed by atoms with Gasteiger partial charge in [-0.25, -0.2) is 4.79 Å². The maximum atomic E-state index is 11.9. The second-order valence-electron chi connectivity index (χ2n) is 4.59. The maximum absolute atomic E-state index is 11.9. The van der Waals surface area contributed by atoms with Gasteiger partial charge in [0.2, 0.25) is 0 Å². The van der Waals surface area contributed by atoms with Crippen LogP contribution in [0.1, 0.15) is 27.2 Å². The zero-order chi connectivity index (χ0) is 13.1. The average molecular weight is 248 g/mol. The minimum atomic E-state index is -0.430. The monoisotopic (exact) mass is 248 g/mol. The van der Waals surface area contributed by atoms with E-state index in [2.05, 4.69) is 10.2 Å². The fourth-order valence-corrected chi connectivity index (χ4v) is 1.33. The van der Waals surface area contributed by atoms with Gasteiger partial charge in [0.15, 0.2) is 0 Å². The lowest BCUT2D eigenvalue weighted by atomic mass is 10.1. The molecule has 0 saturated heterocycles. The molecule has 0 unspecified atom stereocenters. The summed E-state index contributed by atoms with van der Waals surface area (Å²) < 4.78 is 5.41. The summed E-state index contributed by atoms with van der Waals surface area (Å²) in [5.41, 5.74) is 0.379. The van der Waals surface area contributed by atoms with Gasteiger partial charge in [-0.3, -0.25) is 4.90 Å². The normalized spacial score (nSPS) is 11.1. The highest BCUT2D eigenvalue weighted by Gasteiger charge is 2.23. The summed E-state index contributed by atoms with van der Waals surface area (Å²) >= 11 is 0. The molecule has 1 rings (SSSR count). The van der Waals surface area contributed by atoms with Crippen LogP contribution >= 0.6 is 0 Å². The van der Waals surface area contributed by atoms with Crippen LogP contribution in [0, 0.1) is 0 Å². The quantitative estimate of drug-likeness (QED) is 0.768. The molecule has 1 aromatic carbocycles. The van der Waals surface area contributed by atoms with Crippen molar-refractivity contribution in [3.05, 3.63) is 24.3 Å². The molecule has 0 atom stereocenters. The third-order valence-electron chi connectivity index (χ3n) is 2.74. The van der Waals surface area contributed by atoms with E-state index < -0.39 is 5.60 Å². The summed E-state index contributed by atoms with van der Waals surface area (Å²) in [6.07, 6.45) is 0.450. The first-order chi connectivity index (χ1) is 7.85. The number of benzene rings is 1.